The summed E-state index contributed by atoms with van der Waals surface area (Å²) >= 11 is 0. The van der Waals surface area contributed by atoms with E-state index in [-0.39, 0.29) is 0 Å². The summed E-state index contributed by atoms with van der Waals surface area (Å²) in [4.78, 5) is 11.6. The number of hydrogen-bond donors (Lipinski definition) is 1. The van der Waals surface area contributed by atoms with Gasteiger partial charge in [0.05, 0.1) is 19.9 Å². The highest BCUT2D eigenvalue weighted by molar-refractivity contribution is 6.15. The molecule has 0 atom stereocenters. The molecule has 3 rings (SSSR count). The van der Waals surface area contributed by atoms with Crippen LogP contribution in [0.25, 0.3) is 16.6 Å². The van der Waals surface area contributed by atoms with Crippen molar-refractivity contribution in [2.45, 2.75) is 0 Å². The molecule has 0 bridgehead atoms. The third kappa shape index (κ3) is 1.31. The Hall–Kier alpha value is -2.10. The Kier molecular flexibility index (Phi) is 1.99. The highest BCUT2D eigenvalue weighted by Crippen LogP contribution is 2.27. The number of fused-ring (bicyclic) bond motifs is 1. The third-order valence-electron chi connectivity index (χ3n) is 2.70. The monoisotopic (exact) mass is 213 g/mol. The molecule has 0 aliphatic carbocycles. The summed E-state index contributed by atoms with van der Waals surface area (Å²) < 4.78 is 5.18. The van der Waals surface area contributed by atoms with E-state index in [1.54, 1.807) is 13.3 Å². The molecule has 0 radical (unpaired) electrons. The van der Waals surface area contributed by atoms with E-state index in [0.717, 1.165) is 34.5 Å². The van der Waals surface area contributed by atoms with Crippen LogP contribution in [0.4, 0.5) is 0 Å². The van der Waals surface area contributed by atoms with Crippen molar-refractivity contribution in [2.24, 2.45) is 4.99 Å². The fraction of sp³-hybridized carbons (Fsp3) is 0.167. The first-order chi connectivity index (χ1) is 7.88. The van der Waals surface area contributed by atoms with Crippen LogP contribution in [-0.4, -0.2) is 29.8 Å². The minimum atomic E-state index is 0.763. The lowest BCUT2D eigenvalue weighted by molar-refractivity contribution is 0.413. The Labute approximate surface area is 92.7 Å². The van der Waals surface area contributed by atoms with Gasteiger partial charge in [0.2, 0.25) is 0 Å². The number of hydrogen-bond acceptors (Lipinski definition) is 3. The van der Waals surface area contributed by atoms with Gasteiger partial charge in [0, 0.05) is 23.4 Å². The second-order valence-electron chi connectivity index (χ2n) is 3.63. The van der Waals surface area contributed by atoms with E-state index in [9.17, 15) is 0 Å². The number of H-pyrrole nitrogens is 1. The van der Waals surface area contributed by atoms with Crippen LogP contribution >= 0.6 is 0 Å². The van der Waals surface area contributed by atoms with Crippen LogP contribution in [0.5, 0.6) is 5.75 Å². The number of pyridine rings is 1. The summed E-state index contributed by atoms with van der Waals surface area (Å²) in [7, 11) is 1.64. The quantitative estimate of drug-likeness (QED) is 0.829. The Morgan fingerprint density at radius 3 is 3.12 bits per heavy atom. The first kappa shape index (κ1) is 9.15. The second-order valence-corrected chi connectivity index (χ2v) is 3.63. The summed E-state index contributed by atoms with van der Waals surface area (Å²) in [5.41, 5.74) is 3.14. The molecule has 1 aliphatic rings. The van der Waals surface area contributed by atoms with Gasteiger partial charge in [-0.15, -0.1) is 0 Å². The molecule has 0 saturated heterocycles. The van der Waals surface area contributed by atoms with Gasteiger partial charge >= 0.3 is 0 Å². The molecule has 0 aromatic carbocycles. The molecular formula is C12H11N3O. The molecule has 3 heterocycles. The summed E-state index contributed by atoms with van der Waals surface area (Å²) in [5.74, 6) is 0.767. The van der Waals surface area contributed by atoms with Gasteiger partial charge in [-0.05, 0) is 11.6 Å². The first-order valence-corrected chi connectivity index (χ1v) is 5.10. The molecule has 1 N–H and O–H groups in total. The van der Waals surface area contributed by atoms with E-state index in [0.29, 0.717) is 0 Å². The minimum Gasteiger partial charge on any atom is -0.495 e. The van der Waals surface area contributed by atoms with E-state index < -0.39 is 0 Å². The Bertz CT molecular complexity index is 595. The molecule has 0 spiro atoms. The van der Waals surface area contributed by atoms with Crippen molar-refractivity contribution in [2.75, 3.05) is 13.7 Å². The normalized spacial score (nSPS) is 14.4. The molecule has 0 fully saturated rings. The van der Waals surface area contributed by atoms with Crippen molar-refractivity contribution < 1.29 is 4.74 Å². The van der Waals surface area contributed by atoms with E-state index in [1.807, 2.05) is 18.5 Å². The number of nitrogens with one attached hydrogen (secondary N) is 1. The third-order valence-corrected chi connectivity index (χ3v) is 2.70. The van der Waals surface area contributed by atoms with Crippen molar-refractivity contribution in [1.29, 1.82) is 0 Å². The number of aliphatic imine (C=N–C) groups is 1. The maximum Gasteiger partial charge on any atom is 0.138 e. The summed E-state index contributed by atoms with van der Waals surface area (Å²) in [6.07, 6.45) is 7.66. The van der Waals surface area contributed by atoms with Gasteiger partial charge in [-0.1, -0.05) is 6.08 Å². The van der Waals surface area contributed by atoms with Crippen LogP contribution in [0.2, 0.25) is 0 Å². The maximum atomic E-state index is 5.18. The average Bonchev–Trinajstić information content (AvgIpc) is 2.96. The smallest absolute Gasteiger partial charge is 0.138 e. The molecule has 4 nitrogen and oxygen atoms in total. The van der Waals surface area contributed by atoms with Crippen molar-refractivity contribution in [3.8, 4) is 5.75 Å². The maximum absolute atomic E-state index is 5.18. The molecule has 2 aromatic rings. The van der Waals surface area contributed by atoms with Gasteiger partial charge < -0.3 is 9.72 Å². The number of aromatic amines is 1. The topological polar surface area (TPSA) is 50.3 Å². The number of ether oxygens (including phenoxy) is 1. The van der Waals surface area contributed by atoms with Gasteiger partial charge in [-0.25, -0.2) is 4.98 Å². The molecule has 1 aliphatic heterocycles. The van der Waals surface area contributed by atoms with E-state index >= 15 is 0 Å². The molecule has 80 valence electrons. The predicted molar refractivity (Wildman–Crippen MR) is 64.0 cm³/mol. The Morgan fingerprint density at radius 1 is 1.44 bits per heavy atom. The number of methoxy groups -OCH3 is 1. The Morgan fingerprint density at radius 2 is 2.38 bits per heavy atom. The first-order valence-electron chi connectivity index (χ1n) is 5.10. The van der Waals surface area contributed by atoms with Gasteiger partial charge in [-0.2, -0.15) is 0 Å². The molecule has 0 amide bonds. The number of allylic oxidation sites excluding steroid dienone is 1. The second kappa shape index (κ2) is 3.48. The number of aromatic nitrogens is 2. The highest BCUT2D eigenvalue weighted by atomic mass is 16.5. The fourth-order valence-corrected chi connectivity index (χ4v) is 1.87. The molecule has 4 heteroatoms. The van der Waals surface area contributed by atoms with Crippen LogP contribution in [0.15, 0.2) is 29.5 Å². The molecule has 16 heavy (non-hydrogen) atoms. The van der Waals surface area contributed by atoms with Crippen LogP contribution in [-0.2, 0) is 0 Å². The number of nitrogens with zero attached hydrogens (tertiary/aromatic N) is 2. The van der Waals surface area contributed by atoms with Gasteiger partial charge in [0.25, 0.3) is 0 Å². The summed E-state index contributed by atoms with van der Waals surface area (Å²) in [6, 6.07) is 1.99. The summed E-state index contributed by atoms with van der Waals surface area (Å²) in [6.45, 7) is 0.763. The molecule has 0 unspecified atom stereocenters. The van der Waals surface area contributed by atoms with Gasteiger partial charge in [-0.3, -0.25) is 4.99 Å². The highest BCUT2D eigenvalue weighted by Gasteiger charge is 2.10. The average molecular weight is 213 g/mol. The van der Waals surface area contributed by atoms with Crippen LogP contribution in [0, 0.1) is 0 Å². The lowest BCUT2D eigenvalue weighted by Gasteiger charge is -2.00. The Balaban J connectivity index is 2.21. The zero-order valence-electron chi connectivity index (χ0n) is 8.90. The molecular weight excluding hydrogens is 202 g/mol. The fourth-order valence-electron chi connectivity index (χ4n) is 1.87. The van der Waals surface area contributed by atoms with Gasteiger partial charge in [0.1, 0.15) is 11.4 Å². The van der Waals surface area contributed by atoms with Crippen molar-refractivity contribution in [3.05, 3.63) is 30.1 Å². The van der Waals surface area contributed by atoms with Gasteiger partial charge in [0.15, 0.2) is 0 Å². The largest absolute Gasteiger partial charge is 0.495 e. The van der Waals surface area contributed by atoms with Crippen molar-refractivity contribution in [3.63, 3.8) is 0 Å². The number of rotatable bonds is 2. The lowest BCUT2D eigenvalue weighted by atomic mass is 10.1. The van der Waals surface area contributed by atoms with Crippen LogP contribution < -0.4 is 4.74 Å². The zero-order valence-corrected chi connectivity index (χ0v) is 8.90. The molecule has 0 saturated carbocycles. The van der Waals surface area contributed by atoms with Crippen LogP contribution in [0.1, 0.15) is 5.56 Å². The lowest BCUT2D eigenvalue weighted by Crippen LogP contribution is -1.86. The van der Waals surface area contributed by atoms with Crippen molar-refractivity contribution in [1.82, 2.24) is 9.97 Å². The van der Waals surface area contributed by atoms with E-state index in [2.05, 4.69) is 21.0 Å². The zero-order chi connectivity index (χ0) is 11.0. The van der Waals surface area contributed by atoms with E-state index in [1.165, 1.54) is 0 Å². The standard InChI is InChI=1S/C12H11N3O/c1-16-9-4-10-11(8-2-3-13-5-8)7-15-12(10)14-6-9/h2,4-7H,3H2,1H3,(H,14,15). The molecule has 2 aromatic heterocycles. The summed E-state index contributed by atoms with van der Waals surface area (Å²) in [5, 5.41) is 1.07. The minimum absolute atomic E-state index is 0.763. The SMILES string of the molecule is COc1cnc2[nH]cc(C3=CCN=C3)c2c1. The van der Waals surface area contributed by atoms with E-state index in [4.69, 9.17) is 4.74 Å². The van der Waals surface area contributed by atoms with Crippen LogP contribution in [0.3, 0.4) is 0 Å². The predicted octanol–water partition coefficient (Wildman–Crippen LogP) is 2.04. The van der Waals surface area contributed by atoms with Crippen molar-refractivity contribution >= 4 is 22.8 Å².